The highest BCUT2D eigenvalue weighted by Crippen LogP contribution is 2.14. The zero-order valence-electron chi connectivity index (χ0n) is 16.5. The number of nitrogens with one attached hydrogen (secondary N) is 2. The Morgan fingerprint density at radius 3 is 2.70 bits per heavy atom. The number of rotatable bonds is 7. The summed E-state index contributed by atoms with van der Waals surface area (Å²) in [6.07, 6.45) is 2.25. The van der Waals surface area contributed by atoms with Crippen molar-refractivity contribution in [3.63, 3.8) is 0 Å². The molecule has 2 unspecified atom stereocenters. The SMILES string of the molecule is CC(NC(=O)CC1NC(=O)N(CCc2ccccc2)C1=O)c1nnc2ccccn12. The van der Waals surface area contributed by atoms with Crippen molar-refractivity contribution < 1.29 is 14.4 Å². The lowest BCUT2D eigenvalue weighted by Gasteiger charge is -2.15. The molecule has 4 rings (SSSR count). The van der Waals surface area contributed by atoms with Gasteiger partial charge in [0.1, 0.15) is 6.04 Å². The molecular formula is C21H22N6O3. The molecule has 1 aliphatic heterocycles. The molecule has 3 aromatic rings. The number of urea groups is 1. The Morgan fingerprint density at radius 1 is 1.13 bits per heavy atom. The number of hydrogen-bond donors (Lipinski definition) is 2. The van der Waals surface area contributed by atoms with Crippen LogP contribution in [0.25, 0.3) is 5.65 Å². The fraction of sp³-hybridized carbons (Fsp3) is 0.286. The number of pyridine rings is 1. The summed E-state index contributed by atoms with van der Waals surface area (Å²) in [5.74, 6) is -0.143. The van der Waals surface area contributed by atoms with E-state index in [1.165, 1.54) is 4.90 Å². The fourth-order valence-corrected chi connectivity index (χ4v) is 3.52. The van der Waals surface area contributed by atoms with Crippen molar-refractivity contribution in [2.24, 2.45) is 0 Å². The van der Waals surface area contributed by atoms with Gasteiger partial charge in [0.15, 0.2) is 11.5 Å². The van der Waals surface area contributed by atoms with E-state index in [1.807, 2.05) is 54.7 Å². The van der Waals surface area contributed by atoms with Crippen molar-refractivity contribution in [3.05, 3.63) is 66.1 Å². The highest BCUT2D eigenvalue weighted by molar-refractivity contribution is 6.05. The number of aromatic nitrogens is 3. The van der Waals surface area contributed by atoms with Gasteiger partial charge in [-0.25, -0.2) is 4.79 Å². The van der Waals surface area contributed by atoms with Crippen LogP contribution in [0.2, 0.25) is 0 Å². The van der Waals surface area contributed by atoms with Crippen LogP contribution >= 0.6 is 0 Å². The molecule has 0 radical (unpaired) electrons. The number of fused-ring (bicyclic) bond motifs is 1. The Balaban J connectivity index is 1.34. The number of nitrogens with zero attached hydrogens (tertiary/aromatic N) is 4. The van der Waals surface area contributed by atoms with Crippen molar-refractivity contribution in [1.82, 2.24) is 30.1 Å². The van der Waals surface area contributed by atoms with Crippen molar-refractivity contribution in [2.45, 2.75) is 31.8 Å². The van der Waals surface area contributed by atoms with Crippen LogP contribution in [0.15, 0.2) is 54.7 Å². The maximum atomic E-state index is 12.6. The molecule has 2 N–H and O–H groups in total. The molecule has 2 atom stereocenters. The largest absolute Gasteiger partial charge is 0.346 e. The lowest BCUT2D eigenvalue weighted by molar-refractivity contribution is -0.131. The van der Waals surface area contributed by atoms with Crippen LogP contribution in [0, 0.1) is 0 Å². The van der Waals surface area contributed by atoms with Gasteiger partial charge in [-0.1, -0.05) is 36.4 Å². The molecule has 1 fully saturated rings. The van der Waals surface area contributed by atoms with E-state index in [-0.39, 0.29) is 24.8 Å². The summed E-state index contributed by atoms with van der Waals surface area (Å²) in [4.78, 5) is 38.4. The summed E-state index contributed by atoms with van der Waals surface area (Å²) in [5, 5.41) is 13.6. The summed E-state index contributed by atoms with van der Waals surface area (Å²) in [5.41, 5.74) is 1.72. The van der Waals surface area contributed by atoms with Gasteiger partial charge in [0, 0.05) is 12.7 Å². The molecule has 2 aromatic heterocycles. The first-order chi connectivity index (χ1) is 14.5. The first-order valence-electron chi connectivity index (χ1n) is 9.78. The van der Waals surface area contributed by atoms with Gasteiger partial charge >= 0.3 is 6.03 Å². The molecule has 1 aliphatic rings. The molecule has 4 amide bonds. The number of benzene rings is 1. The third-order valence-electron chi connectivity index (χ3n) is 5.07. The van der Waals surface area contributed by atoms with Crippen molar-refractivity contribution in [2.75, 3.05) is 6.54 Å². The molecule has 0 spiro atoms. The summed E-state index contributed by atoms with van der Waals surface area (Å²) < 4.78 is 1.79. The van der Waals surface area contributed by atoms with Crippen molar-refractivity contribution in [1.29, 1.82) is 0 Å². The Morgan fingerprint density at radius 2 is 1.90 bits per heavy atom. The third kappa shape index (κ3) is 4.00. The Kier molecular flexibility index (Phi) is 5.42. The smallest absolute Gasteiger partial charge is 0.324 e. The van der Waals surface area contributed by atoms with Crippen LogP contribution in [-0.2, 0) is 16.0 Å². The van der Waals surface area contributed by atoms with Gasteiger partial charge in [-0.15, -0.1) is 10.2 Å². The van der Waals surface area contributed by atoms with Crippen LogP contribution in [0.4, 0.5) is 4.79 Å². The van der Waals surface area contributed by atoms with Crippen molar-refractivity contribution in [3.8, 4) is 0 Å². The first kappa shape index (κ1) is 19.6. The molecule has 1 saturated heterocycles. The van der Waals surface area contributed by atoms with E-state index in [9.17, 15) is 14.4 Å². The highest BCUT2D eigenvalue weighted by atomic mass is 16.2. The highest BCUT2D eigenvalue weighted by Gasteiger charge is 2.38. The maximum Gasteiger partial charge on any atom is 0.324 e. The van der Waals surface area contributed by atoms with Gasteiger partial charge in [-0.3, -0.25) is 18.9 Å². The van der Waals surface area contributed by atoms with E-state index < -0.39 is 18.1 Å². The average molecular weight is 406 g/mol. The van der Waals surface area contributed by atoms with Crippen LogP contribution in [0.5, 0.6) is 0 Å². The predicted molar refractivity (Wildman–Crippen MR) is 108 cm³/mol. The van der Waals surface area contributed by atoms with E-state index in [0.717, 1.165) is 5.56 Å². The topological polar surface area (TPSA) is 109 Å². The lowest BCUT2D eigenvalue weighted by Crippen LogP contribution is -2.38. The van der Waals surface area contributed by atoms with E-state index in [0.29, 0.717) is 17.9 Å². The molecular weight excluding hydrogens is 384 g/mol. The minimum atomic E-state index is -0.865. The quantitative estimate of drug-likeness (QED) is 0.578. The molecule has 0 saturated carbocycles. The van der Waals surface area contributed by atoms with Crippen LogP contribution in [0.3, 0.4) is 0 Å². The van der Waals surface area contributed by atoms with E-state index in [1.54, 1.807) is 11.3 Å². The number of amides is 4. The molecule has 0 bridgehead atoms. The van der Waals surface area contributed by atoms with Crippen molar-refractivity contribution >= 4 is 23.5 Å². The lowest BCUT2D eigenvalue weighted by atomic mass is 10.1. The number of carbonyl (C=O) groups excluding carboxylic acids is 3. The number of imide groups is 1. The van der Waals surface area contributed by atoms with Crippen LogP contribution in [0.1, 0.15) is 30.8 Å². The van der Waals surface area contributed by atoms with Crippen LogP contribution < -0.4 is 10.6 Å². The van der Waals surface area contributed by atoms with Gasteiger partial charge in [-0.2, -0.15) is 0 Å². The monoisotopic (exact) mass is 406 g/mol. The molecule has 9 nitrogen and oxygen atoms in total. The van der Waals surface area contributed by atoms with E-state index in [2.05, 4.69) is 20.8 Å². The second-order valence-electron chi connectivity index (χ2n) is 7.21. The fourth-order valence-electron chi connectivity index (χ4n) is 3.52. The maximum absolute atomic E-state index is 12.6. The molecule has 9 heteroatoms. The molecule has 154 valence electrons. The van der Waals surface area contributed by atoms with Gasteiger partial charge in [0.2, 0.25) is 5.91 Å². The Labute approximate surface area is 173 Å². The van der Waals surface area contributed by atoms with Gasteiger partial charge in [-0.05, 0) is 31.0 Å². The van der Waals surface area contributed by atoms with Gasteiger partial charge in [0.05, 0.1) is 12.5 Å². The zero-order chi connectivity index (χ0) is 21.1. The first-order valence-corrected chi connectivity index (χ1v) is 9.78. The molecule has 1 aromatic carbocycles. The third-order valence-corrected chi connectivity index (χ3v) is 5.07. The minimum Gasteiger partial charge on any atom is -0.346 e. The summed E-state index contributed by atoms with van der Waals surface area (Å²) >= 11 is 0. The molecule has 3 heterocycles. The van der Waals surface area contributed by atoms with E-state index >= 15 is 0 Å². The molecule has 30 heavy (non-hydrogen) atoms. The average Bonchev–Trinajstić information content (AvgIpc) is 3.28. The molecule has 0 aliphatic carbocycles. The standard InChI is InChI=1S/C21H22N6O3/c1-14(19-25-24-17-9-5-6-11-26(17)19)22-18(28)13-16-20(29)27(21(30)23-16)12-10-15-7-3-2-4-8-15/h2-9,11,14,16H,10,12-13H2,1H3,(H,22,28)(H,23,30). The van der Waals surface area contributed by atoms with Gasteiger partial charge < -0.3 is 10.6 Å². The number of carbonyl (C=O) groups is 3. The minimum absolute atomic E-state index is 0.131. The van der Waals surface area contributed by atoms with Crippen LogP contribution in [-0.4, -0.2) is 49.9 Å². The Bertz CT molecular complexity index is 1080. The second kappa shape index (κ2) is 8.32. The predicted octanol–water partition coefficient (Wildman–Crippen LogP) is 1.46. The zero-order valence-corrected chi connectivity index (χ0v) is 16.5. The summed E-state index contributed by atoms with van der Waals surface area (Å²) in [6, 6.07) is 13.4. The van der Waals surface area contributed by atoms with E-state index in [4.69, 9.17) is 0 Å². The summed E-state index contributed by atoms with van der Waals surface area (Å²) in [7, 11) is 0. The normalized spacial score (nSPS) is 17.2. The Hall–Kier alpha value is -3.75. The second-order valence-corrected chi connectivity index (χ2v) is 7.21. The van der Waals surface area contributed by atoms with Gasteiger partial charge in [0.25, 0.3) is 5.91 Å². The summed E-state index contributed by atoms with van der Waals surface area (Å²) in [6.45, 7) is 2.07. The number of hydrogen-bond acceptors (Lipinski definition) is 5.